The number of benzene rings is 1. The van der Waals surface area contributed by atoms with Crippen molar-refractivity contribution >= 4 is 0 Å². The summed E-state index contributed by atoms with van der Waals surface area (Å²) in [6.07, 6.45) is 2.58. The van der Waals surface area contributed by atoms with Crippen LogP contribution in [0.3, 0.4) is 0 Å². The Morgan fingerprint density at radius 1 is 1.26 bits per heavy atom. The van der Waals surface area contributed by atoms with E-state index in [4.69, 9.17) is 0 Å². The highest BCUT2D eigenvalue weighted by molar-refractivity contribution is 5.16. The zero-order valence-electron chi connectivity index (χ0n) is 12.2. The van der Waals surface area contributed by atoms with Crippen molar-refractivity contribution in [2.24, 2.45) is 11.3 Å². The van der Waals surface area contributed by atoms with Crippen LogP contribution in [-0.4, -0.2) is 37.1 Å². The number of hydrogen-bond acceptors (Lipinski definition) is 2. The van der Waals surface area contributed by atoms with Gasteiger partial charge in [0.15, 0.2) is 0 Å². The van der Waals surface area contributed by atoms with Gasteiger partial charge in [0.25, 0.3) is 0 Å². The standard InChI is InChI=1S/C17H26N2/c1-17(2)11-15(17)12-19-9-8-18-16(13-19)10-14-6-4-3-5-7-14/h3-7,15-16,18H,8-13H2,1-2H3. The van der Waals surface area contributed by atoms with Crippen LogP contribution >= 0.6 is 0 Å². The number of piperazine rings is 1. The van der Waals surface area contributed by atoms with Gasteiger partial charge in [-0.15, -0.1) is 0 Å². The molecule has 0 radical (unpaired) electrons. The van der Waals surface area contributed by atoms with Gasteiger partial charge in [-0.05, 0) is 29.7 Å². The Labute approximate surface area is 117 Å². The first-order valence-corrected chi connectivity index (χ1v) is 7.63. The molecule has 1 aromatic carbocycles. The molecule has 1 saturated carbocycles. The first kappa shape index (κ1) is 13.1. The van der Waals surface area contributed by atoms with Crippen LogP contribution in [0, 0.1) is 11.3 Å². The topological polar surface area (TPSA) is 15.3 Å². The van der Waals surface area contributed by atoms with Crippen molar-refractivity contribution in [3.63, 3.8) is 0 Å². The fraction of sp³-hybridized carbons (Fsp3) is 0.647. The fourth-order valence-electron chi connectivity index (χ4n) is 3.29. The molecule has 2 atom stereocenters. The zero-order valence-corrected chi connectivity index (χ0v) is 12.2. The van der Waals surface area contributed by atoms with Crippen molar-refractivity contribution in [2.45, 2.75) is 32.7 Å². The molecule has 1 aliphatic carbocycles. The molecule has 3 rings (SSSR count). The lowest BCUT2D eigenvalue weighted by Gasteiger charge is -2.34. The SMILES string of the molecule is CC1(C)CC1CN1CCNC(Cc2ccccc2)C1. The van der Waals surface area contributed by atoms with Crippen LogP contribution in [0.1, 0.15) is 25.8 Å². The van der Waals surface area contributed by atoms with Gasteiger partial charge in [-0.3, -0.25) is 0 Å². The first-order chi connectivity index (χ1) is 9.13. The Morgan fingerprint density at radius 3 is 2.68 bits per heavy atom. The molecule has 104 valence electrons. The van der Waals surface area contributed by atoms with E-state index in [2.05, 4.69) is 54.4 Å². The van der Waals surface area contributed by atoms with Crippen molar-refractivity contribution in [3.8, 4) is 0 Å². The Bertz CT molecular complexity index is 413. The van der Waals surface area contributed by atoms with E-state index in [1.807, 2.05) is 0 Å². The third-order valence-corrected chi connectivity index (χ3v) is 4.86. The summed E-state index contributed by atoms with van der Waals surface area (Å²) in [5, 5.41) is 3.67. The summed E-state index contributed by atoms with van der Waals surface area (Å²) in [6.45, 7) is 9.69. The second kappa shape index (κ2) is 5.26. The number of nitrogens with one attached hydrogen (secondary N) is 1. The minimum absolute atomic E-state index is 0.611. The monoisotopic (exact) mass is 258 g/mol. The first-order valence-electron chi connectivity index (χ1n) is 7.63. The maximum Gasteiger partial charge on any atom is 0.0235 e. The van der Waals surface area contributed by atoms with E-state index in [0.717, 1.165) is 18.9 Å². The highest BCUT2D eigenvalue weighted by Gasteiger charge is 2.46. The van der Waals surface area contributed by atoms with Crippen molar-refractivity contribution in [2.75, 3.05) is 26.2 Å². The van der Waals surface area contributed by atoms with Crippen LogP contribution in [0.4, 0.5) is 0 Å². The summed E-state index contributed by atoms with van der Waals surface area (Å²) in [6, 6.07) is 11.5. The average Bonchev–Trinajstić information content (AvgIpc) is 2.98. The van der Waals surface area contributed by atoms with Crippen molar-refractivity contribution < 1.29 is 0 Å². The minimum atomic E-state index is 0.611. The summed E-state index contributed by atoms with van der Waals surface area (Å²) in [7, 11) is 0. The lowest BCUT2D eigenvalue weighted by atomic mass is 10.0. The molecule has 19 heavy (non-hydrogen) atoms. The van der Waals surface area contributed by atoms with Crippen molar-refractivity contribution in [1.29, 1.82) is 0 Å². The third kappa shape index (κ3) is 3.37. The fourth-order valence-corrected chi connectivity index (χ4v) is 3.29. The molecule has 1 saturated heterocycles. The van der Waals surface area contributed by atoms with Gasteiger partial charge in [0.1, 0.15) is 0 Å². The minimum Gasteiger partial charge on any atom is -0.311 e. The van der Waals surface area contributed by atoms with E-state index < -0.39 is 0 Å². The molecule has 0 amide bonds. The van der Waals surface area contributed by atoms with E-state index in [1.165, 1.54) is 31.6 Å². The van der Waals surface area contributed by atoms with Crippen LogP contribution in [0.15, 0.2) is 30.3 Å². The average molecular weight is 258 g/mol. The summed E-state index contributed by atoms with van der Waals surface area (Å²) in [5.41, 5.74) is 2.06. The normalized spacial score (nSPS) is 30.2. The molecule has 0 spiro atoms. The molecule has 2 heteroatoms. The van der Waals surface area contributed by atoms with E-state index in [0.29, 0.717) is 11.5 Å². The molecule has 1 N–H and O–H groups in total. The largest absolute Gasteiger partial charge is 0.311 e. The summed E-state index contributed by atoms with van der Waals surface area (Å²) >= 11 is 0. The maximum absolute atomic E-state index is 3.67. The molecule has 2 aliphatic rings. The second-order valence-corrected chi connectivity index (χ2v) is 6.99. The Balaban J connectivity index is 1.51. The summed E-state index contributed by atoms with van der Waals surface area (Å²) < 4.78 is 0. The van der Waals surface area contributed by atoms with Gasteiger partial charge in [-0.2, -0.15) is 0 Å². The highest BCUT2D eigenvalue weighted by atomic mass is 15.2. The van der Waals surface area contributed by atoms with E-state index in [1.54, 1.807) is 0 Å². The molecule has 2 nitrogen and oxygen atoms in total. The van der Waals surface area contributed by atoms with Gasteiger partial charge in [0.2, 0.25) is 0 Å². The number of nitrogens with zero attached hydrogens (tertiary/aromatic N) is 1. The Kier molecular flexibility index (Phi) is 3.64. The predicted octanol–water partition coefficient (Wildman–Crippen LogP) is 2.55. The van der Waals surface area contributed by atoms with Gasteiger partial charge >= 0.3 is 0 Å². The van der Waals surface area contributed by atoms with Gasteiger partial charge in [-0.1, -0.05) is 44.2 Å². The van der Waals surface area contributed by atoms with E-state index in [-0.39, 0.29) is 0 Å². The van der Waals surface area contributed by atoms with Gasteiger partial charge in [0, 0.05) is 32.2 Å². The van der Waals surface area contributed by atoms with Crippen LogP contribution in [0.5, 0.6) is 0 Å². The predicted molar refractivity (Wildman–Crippen MR) is 80.3 cm³/mol. The van der Waals surface area contributed by atoms with Gasteiger partial charge in [-0.25, -0.2) is 0 Å². The number of rotatable bonds is 4. The molecule has 1 aromatic rings. The smallest absolute Gasteiger partial charge is 0.0235 e. The molecular weight excluding hydrogens is 232 g/mol. The molecule has 2 fully saturated rings. The Hall–Kier alpha value is -0.860. The summed E-state index contributed by atoms with van der Waals surface area (Å²) in [4.78, 5) is 2.67. The van der Waals surface area contributed by atoms with Crippen molar-refractivity contribution in [1.82, 2.24) is 10.2 Å². The second-order valence-electron chi connectivity index (χ2n) is 6.99. The van der Waals surface area contributed by atoms with E-state index >= 15 is 0 Å². The molecule has 2 unspecified atom stereocenters. The van der Waals surface area contributed by atoms with Crippen LogP contribution in [0.2, 0.25) is 0 Å². The van der Waals surface area contributed by atoms with Gasteiger partial charge < -0.3 is 10.2 Å². The van der Waals surface area contributed by atoms with Crippen LogP contribution in [0.25, 0.3) is 0 Å². The molecule has 0 aromatic heterocycles. The zero-order chi connectivity index (χ0) is 13.3. The molecular formula is C17H26N2. The van der Waals surface area contributed by atoms with Crippen LogP contribution in [-0.2, 0) is 6.42 Å². The molecule has 0 bridgehead atoms. The number of hydrogen-bond donors (Lipinski definition) is 1. The molecule has 1 aliphatic heterocycles. The lowest BCUT2D eigenvalue weighted by molar-refractivity contribution is 0.185. The van der Waals surface area contributed by atoms with E-state index in [9.17, 15) is 0 Å². The molecule has 1 heterocycles. The van der Waals surface area contributed by atoms with Crippen LogP contribution < -0.4 is 5.32 Å². The van der Waals surface area contributed by atoms with Gasteiger partial charge in [0.05, 0.1) is 0 Å². The highest BCUT2D eigenvalue weighted by Crippen LogP contribution is 2.51. The third-order valence-electron chi connectivity index (χ3n) is 4.86. The summed E-state index contributed by atoms with van der Waals surface area (Å²) in [5.74, 6) is 0.933. The quantitative estimate of drug-likeness (QED) is 0.893. The Morgan fingerprint density at radius 2 is 2.00 bits per heavy atom. The lowest BCUT2D eigenvalue weighted by Crippen LogP contribution is -2.52. The maximum atomic E-state index is 3.67. The van der Waals surface area contributed by atoms with Crippen molar-refractivity contribution in [3.05, 3.63) is 35.9 Å².